The quantitative estimate of drug-likeness (QED) is 0.328. The van der Waals surface area contributed by atoms with Gasteiger partial charge in [-0.05, 0) is 34.9 Å². The maximum absolute atomic E-state index is 12.5. The highest BCUT2D eigenvalue weighted by Crippen LogP contribution is 2.46. The molecule has 36 heavy (non-hydrogen) atoms. The largest absolute Gasteiger partial charge is 0.441 e. The highest BCUT2D eigenvalue weighted by Gasteiger charge is 2.41. The predicted molar refractivity (Wildman–Crippen MR) is 139 cm³/mol. The molecule has 0 aliphatic carbocycles. The molecule has 1 saturated heterocycles. The number of hydrogen-bond donors (Lipinski definition) is 2. The average molecular weight is 476 g/mol. The van der Waals surface area contributed by atoms with Crippen molar-refractivity contribution in [2.45, 2.75) is 11.5 Å². The molecule has 6 nitrogen and oxygen atoms in total. The molecular formula is C30H25N3O3. The van der Waals surface area contributed by atoms with E-state index in [0.717, 1.165) is 33.3 Å². The third-order valence-electron chi connectivity index (χ3n) is 6.92. The van der Waals surface area contributed by atoms with E-state index in [2.05, 4.69) is 83.0 Å². The summed E-state index contributed by atoms with van der Waals surface area (Å²) in [6, 6.07) is 37.0. The number of nitrogens with one attached hydrogen (secondary N) is 1. The van der Waals surface area contributed by atoms with E-state index in [1.165, 1.54) is 0 Å². The van der Waals surface area contributed by atoms with E-state index in [0.29, 0.717) is 12.2 Å². The summed E-state index contributed by atoms with van der Waals surface area (Å²) in [5.41, 5.74) is 5.02. The van der Waals surface area contributed by atoms with Crippen molar-refractivity contribution in [3.8, 4) is 0 Å². The van der Waals surface area contributed by atoms with Crippen molar-refractivity contribution in [3.63, 3.8) is 0 Å². The Kier molecular flexibility index (Phi) is 5.51. The van der Waals surface area contributed by atoms with Crippen molar-refractivity contribution >= 4 is 22.7 Å². The zero-order valence-electron chi connectivity index (χ0n) is 19.5. The van der Waals surface area contributed by atoms with Crippen LogP contribution < -0.4 is 4.90 Å². The molecule has 6 rings (SSSR count). The van der Waals surface area contributed by atoms with E-state index in [9.17, 15) is 9.90 Å². The van der Waals surface area contributed by atoms with E-state index in [-0.39, 0.29) is 6.61 Å². The third kappa shape index (κ3) is 3.46. The number of aliphatic hydroxyl groups excluding tert-OH is 1. The first-order chi connectivity index (χ1) is 17.7. The van der Waals surface area contributed by atoms with Crippen molar-refractivity contribution in [1.29, 1.82) is 0 Å². The smallest absolute Gasteiger partial charge is 0.414 e. The van der Waals surface area contributed by atoms with Gasteiger partial charge in [0.15, 0.2) is 0 Å². The van der Waals surface area contributed by atoms with Crippen LogP contribution in [0.3, 0.4) is 0 Å². The van der Waals surface area contributed by atoms with Gasteiger partial charge in [0.1, 0.15) is 6.10 Å². The number of H-pyrrole nitrogens is 1. The molecular weight excluding hydrogens is 450 g/mol. The van der Waals surface area contributed by atoms with E-state index >= 15 is 0 Å². The number of aromatic amines is 1. The Balaban J connectivity index is 1.65. The molecule has 0 radical (unpaired) electrons. The van der Waals surface area contributed by atoms with Gasteiger partial charge < -0.3 is 9.84 Å². The van der Waals surface area contributed by atoms with E-state index in [1.54, 1.807) is 4.90 Å². The summed E-state index contributed by atoms with van der Waals surface area (Å²) in [6.45, 7) is 0.0931. The monoisotopic (exact) mass is 475 g/mol. The number of aliphatic hydroxyl groups is 1. The summed E-state index contributed by atoms with van der Waals surface area (Å²) in [5.74, 6) is 0. The molecule has 0 spiro atoms. The van der Waals surface area contributed by atoms with Gasteiger partial charge in [-0.1, -0.05) is 91.0 Å². The highest BCUT2D eigenvalue weighted by molar-refractivity contribution is 5.95. The fourth-order valence-electron chi connectivity index (χ4n) is 5.28. The molecule has 0 bridgehead atoms. The summed E-state index contributed by atoms with van der Waals surface area (Å²) < 4.78 is 5.29. The summed E-state index contributed by atoms with van der Waals surface area (Å²) >= 11 is 0. The Morgan fingerprint density at radius 3 is 1.92 bits per heavy atom. The number of hydrogen-bond acceptors (Lipinski definition) is 4. The number of amides is 1. The Labute approximate surface area is 208 Å². The van der Waals surface area contributed by atoms with Gasteiger partial charge in [-0.15, -0.1) is 0 Å². The summed E-state index contributed by atoms with van der Waals surface area (Å²) in [4.78, 5) is 14.1. The van der Waals surface area contributed by atoms with Gasteiger partial charge in [-0.3, -0.25) is 10.00 Å². The molecule has 0 unspecified atom stereocenters. The van der Waals surface area contributed by atoms with Crippen molar-refractivity contribution in [2.24, 2.45) is 0 Å². The zero-order valence-corrected chi connectivity index (χ0v) is 19.5. The van der Waals surface area contributed by atoms with Crippen LogP contribution in [0, 0.1) is 0 Å². The predicted octanol–water partition coefficient (Wildman–Crippen LogP) is 5.26. The first kappa shape index (κ1) is 22.1. The van der Waals surface area contributed by atoms with E-state index in [4.69, 9.17) is 4.74 Å². The standard InChI is InChI=1S/C30H25N3O3/c34-20-25-19-33(29(35)36-25)24-16-17-27-26(18-24)28(32-31-27)30(21-10-4-1-5-11-21,22-12-6-2-7-13-22)23-14-8-3-9-15-23/h1-18,25,34H,19-20H2,(H,31,32)/t25-/m1/s1. The van der Waals surface area contributed by atoms with Crippen molar-refractivity contribution in [1.82, 2.24) is 10.2 Å². The molecule has 1 aliphatic rings. The van der Waals surface area contributed by atoms with Crippen LogP contribution in [0.2, 0.25) is 0 Å². The molecule has 1 fully saturated rings. The van der Waals surface area contributed by atoms with Crippen LogP contribution in [-0.4, -0.2) is 40.7 Å². The fraction of sp³-hybridized carbons (Fsp3) is 0.133. The number of rotatable bonds is 6. The minimum Gasteiger partial charge on any atom is -0.441 e. The molecule has 0 saturated carbocycles. The van der Waals surface area contributed by atoms with E-state index in [1.807, 2.05) is 36.4 Å². The number of ether oxygens (including phenoxy) is 1. The molecule has 1 aromatic heterocycles. The van der Waals surface area contributed by atoms with Gasteiger partial charge in [0, 0.05) is 11.1 Å². The maximum Gasteiger partial charge on any atom is 0.414 e. The number of cyclic esters (lactones) is 1. The number of fused-ring (bicyclic) bond motifs is 1. The lowest BCUT2D eigenvalue weighted by molar-refractivity contribution is 0.0963. The molecule has 1 atom stereocenters. The van der Waals surface area contributed by atoms with Crippen LogP contribution in [0.25, 0.3) is 10.9 Å². The molecule has 178 valence electrons. The van der Waals surface area contributed by atoms with Crippen molar-refractivity contribution < 1.29 is 14.6 Å². The van der Waals surface area contributed by atoms with Gasteiger partial charge >= 0.3 is 6.09 Å². The Bertz CT molecular complexity index is 1400. The number of carbonyl (C=O) groups is 1. The SMILES string of the molecule is O=C1O[C@@H](CO)CN1c1ccc2n[nH]c(C(c3ccccc3)(c3ccccc3)c3ccccc3)c2c1. The lowest BCUT2D eigenvalue weighted by Gasteiger charge is -2.35. The topological polar surface area (TPSA) is 78.5 Å². The molecule has 1 aliphatic heterocycles. The second kappa shape index (κ2) is 8.98. The molecule has 2 heterocycles. The van der Waals surface area contributed by atoms with Crippen molar-refractivity contribution in [3.05, 3.63) is 132 Å². The number of benzene rings is 4. The van der Waals surface area contributed by atoms with Gasteiger partial charge in [-0.2, -0.15) is 5.10 Å². The normalized spacial score (nSPS) is 15.9. The first-order valence-corrected chi connectivity index (χ1v) is 12.0. The van der Waals surface area contributed by atoms with Crippen LogP contribution >= 0.6 is 0 Å². The van der Waals surface area contributed by atoms with Crippen LogP contribution in [0.1, 0.15) is 22.4 Å². The second-order valence-corrected chi connectivity index (χ2v) is 8.95. The number of carbonyl (C=O) groups excluding carboxylic acids is 1. The molecule has 5 aromatic rings. The maximum atomic E-state index is 12.5. The number of aromatic nitrogens is 2. The fourth-order valence-corrected chi connectivity index (χ4v) is 5.28. The summed E-state index contributed by atoms with van der Waals surface area (Å²) in [5, 5.41) is 18.5. The summed E-state index contributed by atoms with van der Waals surface area (Å²) in [6.07, 6.45) is -0.993. The Hall–Kier alpha value is -4.42. The Morgan fingerprint density at radius 1 is 0.861 bits per heavy atom. The van der Waals surface area contributed by atoms with Crippen LogP contribution in [0.4, 0.5) is 10.5 Å². The van der Waals surface area contributed by atoms with Gasteiger partial charge in [0.2, 0.25) is 0 Å². The number of nitrogens with zero attached hydrogens (tertiary/aromatic N) is 2. The minimum absolute atomic E-state index is 0.208. The average Bonchev–Trinajstić information content (AvgIpc) is 3.54. The minimum atomic E-state index is -0.684. The molecule has 4 aromatic carbocycles. The lowest BCUT2D eigenvalue weighted by atomic mass is 9.66. The lowest BCUT2D eigenvalue weighted by Crippen LogP contribution is -2.31. The second-order valence-electron chi connectivity index (χ2n) is 8.95. The van der Waals surface area contributed by atoms with Crippen molar-refractivity contribution in [2.75, 3.05) is 18.1 Å². The van der Waals surface area contributed by atoms with Crippen LogP contribution in [-0.2, 0) is 10.2 Å². The van der Waals surface area contributed by atoms with Crippen LogP contribution in [0.15, 0.2) is 109 Å². The molecule has 1 amide bonds. The Morgan fingerprint density at radius 2 is 1.42 bits per heavy atom. The molecule has 2 N–H and O–H groups in total. The first-order valence-electron chi connectivity index (χ1n) is 12.0. The van der Waals surface area contributed by atoms with E-state index < -0.39 is 17.6 Å². The zero-order chi connectivity index (χ0) is 24.5. The molecule has 6 heteroatoms. The van der Waals surface area contributed by atoms with Gasteiger partial charge in [0.25, 0.3) is 0 Å². The van der Waals surface area contributed by atoms with Crippen LogP contribution in [0.5, 0.6) is 0 Å². The van der Waals surface area contributed by atoms with Gasteiger partial charge in [0.05, 0.1) is 29.8 Å². The number of anilines is 1. The summed E-state index contributed by atoms with van der Waals surface area (Å²) in [7, 11) is 0. The third-order valence-corrected chi connectivity index (χ3v) is 6.92. The van der Waals surface area contributed by atoms with Gasteiger partial charge in [-0.25, -0.2) is 4.79 Å². The highest BCUT2D eigenvalue weighted by atomic mass is 16.6.